The zero-order valence-corrected chi connectivity index (χ0v) is 13.0. The molecule has 0 amide bonds. The van der Waals surface area contributed by atoms with Crippen molar-refractivity contribution in [3.63, 3.8) is 0 Å². The van der Waals surface area contributed by atoms with Crippen molar-refractivity contribution in [3.8, 4) is 0 Å². The maximum absolute atomic E-state index is 11.5. The highest BCUT2D eigenvalue weighted by Crippen LogP contribution is 2.27. The van der Waals surface area contributed by atoms with Crippen molar-refractivity contribution in [2.75, 3.05) is 12.4 Å². The average Bonchev–Trinajstić information content (AvgIpc) is 2.91. The molecule has 2 aromatic carbocycles. The van der Waals surface area contributed by atoms with Gasteiger partial charge in [0.25, 0.3) is 0 Å². The second-order valence-corrected chi connectivity index (χ2v) is 5.38. The minimum Gasteiger partial charge on any atom is -0.465 e. The third-order valence-corrected chi connectivity index (χ3v) is 3.82. The number of rotatable bonds is 3. The summed E-state index contributed by atoms with van der Waals surface area (Å²) in [5.74, 6) is 0.144. The van der Waals surface area contributed by atoms with Crippen LogP contribution in [0.2, 0.25) is 10.0 Å². The lowest BCUT2D eigenvalue weighted by Crippen LogP contribution is -2.00. The largest absolute Gasteiger partial charge is 0.465 e. The van der Waals surface area contributed by atoms with Gasteiger partial charge in [-0.1, -0.05) is 23.2 Å². The number of nitrogens with one attached hydrogen (secondary N) is 2. The van der Waals surface area contributed by atoms with Crippen LogP contribution in [0.3, 0.4) is 0 Å². The minimum absolute atomic E-state index is 0.393. The van der Waals surface area contributed by atoms with Crippen molar-refractivity contribution in [2.24, 2.45) is 0 Å². The first kappa shape index (κ1) is 14.7. The Bertz CT molecular complexity index is 861. The Labute approximate surface area is 136 Å². The van der Waals surface area contributed by atoms with Gasteiger partial charge in [0.15, 0.2) is 0 Å². The zero-order valence-electron chi connectivity index (χ0n) is 11.5. The summed E-state index contributed by atoms with van der Waals surface area (Å²) < 4.78 is 4.70. The first-order valence-corrected chi connectivity index (χ1v) is 7.12. The number of imidazole rings is 1. The van der Waals surface area contributed by atoms with E-state index < -0.39 is 5.97 Å². The van der Waals surface area contributed by atoms with Gasteiger partial charge in [-0.15, -0.1) is 0 Å². The number of carbonyl (C=O) groups is 1. The average molecular weight is 336 g/mol. The molecule has 0 fully saturated rings. The fraction of sp³-hybridized carbons (Fsp3) is 0.0667. The number of aromatic nitrogens is 2. The zero-order chi connectivity index (χ0) is 15.7. The summed E-state index contributed by atoms with van der Waals surface area (Å²) >= 11 is 11.9. The minimum atomic E-state index is -0.393. The molecule has 0 saturated carbocycles. The number of carbonyl (C=O) groups excluding carboxylic acids is 1. The van der Waals surface area contributed by atoms with E-state index in [9.17, 15) is 4.79 Å². The summed E-state index contributed by atoms with van der Waals surface area (Å²) in [4.78, 5) is 19.0. The van der Waals surface area contributed by atoms with Crippen LogP contribution < -0.4 is 5.32 Å². The van der Waals surface area contributed by atoms with E-state index in [1.54, 1.807) is 36.4 Å². The van der Waals surface area contributed by atoms with Crippen LogP contribution in [0.1, 0.15) is 10.4 Å². The Kier molecular flexibility index (Phi) is 3.92. The van der Waals surface area contributed by atoms with E-state index in [0.717, 1.165) is 16.7 Å². The van der Waals surface area contributed by atoms with Crippen LogP contribution in [-0.4, -0.2) is 23.0 Å². The predicted molar refractivity (Wildman–Crippen MR) is 87.2 cm³/mol. The summed E-state index contributed by atoms with van der Waals surface area (Å²) in [5.41, 5.74) is 2.67. The highest BCUT2D eigenvalue weighted by atomic mass is 35.5. The molecule has 0 saturated heterocycles. The number of fused-ring (bicyclic) bond motifs is 1. The molecule has 3 aromatic rings. The number of halogens is 2. The van der Waals surface area contributed by atoms with Crippen LogP contribution in [0.25, 0.3) is 11.0 Å². The number of hydrogen-bond acceptors (Lipinski definition) is 4. The third-order valence-electron chi connectivity index (χ3n) is 3.09. The summed E-state index contributed by atoms with van der Waals surface area (Å²) in [6, 6.07) is 10.3. The van der Waals surface area contributed by atoms with Crippen molar-refractivity contribution in [2.45, 2.75) is 0 Å². The van der Waals surface area contributed by atoms with Crippen molar-refractivity contribution in [3.05, 3.63) is 52.0 Å². The van der Waals surface area contributed by atoms with Crippen LogP contribution in [-0.2, 0) is 4.74 Å². The molecule has 0 atom stereocenters. The summed E-state index contributed by atoms with van der Waals surface area (Å²) in [7, 11) is 1.34. The lowest BCUT2D eigenvalue weighted by Gasteiger charge is -2.03. The number of esters is 1. The molecule has 0 aliphatic heterocycles. The molecule has 0 aliphatic carbocycles. The molecule has 3 rings (SSSR count). The Morgan fingerprint density at radius 1 is 1.18 bits per heavy atom. The second kappa shape index (κ2) is 5.87. The molecular formula is C15H11Cl2N3O2. The molecule has 0 aliphatic rings. The van der Waals surface area contributed by atoms with Crippen molar-refractivity contribution < 1.29 is 9.53 Å². The Morgan fingerprint density at radius 2 is 2.00 bits per heavy atom. The van der Waals surface area contributed by atoms with Gasteiger partial charge >= 0.3 is 5.97 Å². The van der Waals surface area contributed by atoms with Crippen LogP contribution in [0, 0.1) is 0 Å². The van der Waals surface area contributed by atoms with Gasteiger partial charge in [-0.05, 0) is 36.4 Å². The standard InChI is InChI=1S/C15H11Cl2N3O2/c1-22-14(21)8-2-5-12-13(6-8)20-15(19-12)18-9-3-4-10(16)11(17)7-9/h2-7H,1H3,(H2,18,19,20). The maximum atomic E-state index is 11.5. The number of ether oxygens (including phenoxy) is 1. The Morgan fingerprint density at radius 3 is 2.73 bits per heavy atom. The fourth-order valence-corrected chi connectivity index (χ4v) is 2.32. The first-order chi connectivity index (χ1) is 10.6. The van der Waals surface area contributed by atoms with E-state index in [1.165, 1.54) is 7.11 Å². The highest BCUT2D eigenvalue weighted by Gasteiger charge is 2.09. The maximum Gasteiger partial charge on any atom is 0.337 e. The molecule has 0 bridgehead atoms. The molecular weight excluding hydrogens is 325 g/mol. The van der Waals surface area contributed by atoms with Crippen molar-refractivity contribution in [1.29, 1.82) is 0 Å². The lowest BCUT2D eigenvalue weighted by atomic mass is 10.2. The Hall–Kier alpha value is -2.24. The van der Waals surface area contributed by atoms with Gasteiger partial charge in [-0.25, -0.2) is 9.78 Å². The van der Waals surface area contributed by atoms with Crippen molar-refractivity contribution >= 4 is 51.8 Å². The SMILES string of the molecule is COC(=O)c1ccc2nc(Nc3ccc(Cl)c(Cl)c3)[nH]c2c1. The number of benzene rings is 2. The number of nitrogens with zero attached hydrogens (tertiary/aromatic N) is 1. The molecule has 0 spiro atoms. The first-order valence-electron chi connectivity index (χ1n) is 6.37. The van der Waals surface area contributed by atoms with Crippen LogP contribution in [0.5, 0.6) is 0 Å². The molecule has 112 valence electrons. The fourth-order valence-electron chi connectivity index (χ4n) is 2.02. The van der Waals surface area contributed by atoms with Gasteiger partial charge in [0.2, 0.25) is 5.95 Å². The number of hydrogen-bond donors (Lipinski definition) is 2. The summed E-state index contributed by atoms with van der Waals surface area (Å²) in [6.45, 7) is 0. The summed E-state index contributed by atoms with van der Waals surface area (Å²) in [6.07, 6.45) is 0. The monoisotopic (exact) mass is 335 g/mol. The highest BCUT2D eigenvalue weighted by molar-refractivity contribution is 6.42. The van der Waals surface area contributed by atoms with E-state index in [2.05, 4.69) is 15.3 Å². The molecule has 0 unspecified atom stereocenters. The van der Waals surface area contributed by atoms with E-state index in [4.69, 9.17) is 27.9 Å². The molecule has 7 heteroatoms. The molecule has 2 N–H and O–H groups in total. The topological polar surface area (TPSA) is 67.0 Å². The number of methoxy groups -OCH3 is 1. The van der Waals surface area contributed by atoms with Gasteiger partial charge in [0, 0.05) is 5.69 Å². The van der Waals surface area contributed by atoms with Gasteiger partial charge in [0.1, 0.15) is 0 Å². The van der Waals surface area contributed by atoms with Crippen LogP contribution in [0.15, 0.2) is 36.4 Å². The smallest absolute Gasteiger partial charge is 0.337 e. The van der Waals surface area contributed by atoms with E-state index >= 15 is 0 Å². The third kappa shape index (κ3) is 2.86. The molecule has 22 heavy (non-hydrogen) atoms. The molecule has 5 nitrogen and oxygen atoms in total. The predicted octanol–water partition coefficient (Wildman–Crippen LogP) is 4.40. The van der Waals surface area contributed by atoms with E-state index in [0.29, 0.717) is 21.6 Å². The quantitative estimate of drug-likeness (QED) is 0.696. The van der Waals surface area contributed by atoms with Crippen LogP contribution >= 0.6 is 23.2 Å². The van der Waals surface area contributed by atoms with Gasteiger partial charge in [0.05, 0.1) is 33.8 Å². The van der Waals surface area contributed by atoms with Gasteiger partial charge < -0.3 is 15.0 Å². The van der Waals surface area contributed by atoms with Gasteiger partial charge in [-0.3, -0.25) is 0 Å². The molecule has 1 heterocycles. The Balaban J connectivity index is 1.91. The second-order valence-electron chi connectivity index (χ2n) is 4.56. The van der Waals surface area contributed by atoms with Crippen molar-refractivity contribution in [1.82, 2.24) is 9.97 Å². The molecule has 0 radical (unpaired) electrons. The van der Waals surface area contributed by atoms with Gasteiger partial charge in [-0.2, -0.15) is 0 Å². The lowest BCUT2D eigenvalue weighted by molar-refractivity contribution is 0.0601. The molecule has 1 aromatic heterocycles. The summed E-state index contributed by atoms with van der Waals surface area (Å²) in [5, 5.41) is 4.04. The number of anilines is 2. The number of H-pyrrole nitrogens is 1. The van der Waals surface area contributed by atoms with E-state index in [1.807, 2.05) is 0 Å². The van der Waals surface area contributed by atoms with E-state index in [-0.39, 0.29) is 0 Å². The van der Waals surface area contributed by atoms with Crippen LogP contribution in [0.4, 0.5) is 11.6 Å². The number of aromatic amines is 1. The normalized spacial score (nSPS) is 10.7.